The van der Waals surface area contributed by atoms with E-state index in [9.17, 15) is 0 Å². The first kappa shape index (κ1) is 20.1. The topological polar surface area (TPSA) is 0 Å². The van der Waals surface area contributed by atoms with Crippen LogP contribution in [0, 0.1) is 5.41 Å². The summed E-state index contributed by atoms with van der Waals surface area (Å²) in [6.07, 6.45) is 36.2. The molecule has 0 saturated heterocycles. The fourth-order valence-electron chi connectivity index (χ4n) is 4.95. The average Bonchev–Trinajstić information content (AvgIpc) is 2.60. The zero-order chi connectivity index (χ0) is 16.8. The van der Waals surface area contributed by atoms with Crippen molar-refractivity contribution in [1.29, 1.82) is 0 Å². The van der Waals surface area contributed by atoms with E-state index < -0.39 is 0 Å². The van der Waals surface area contributed by atoms with Crippen molar-refractivity contribution in [2.75, 3.05) is 0 Å². The van der Waals surface area contributed by atoms with Crippen molar-refractivity contribution in [2.24, 2.45) is 5.41 Å². The molecule has 0 aromatic rings. The van der Waals surface area contributed by atoms with Crippen molar-refractivity contribution in [3.8, 4) is 0 Å². The molecule has 0 N–H and O–H groups in total. The van der Waals surface area contributed by atoms with E-state index >= 15 is 0 Å². The Morgan fingerprint density at radius 2 is 0.708 bits per heavy atom. The molecular formula is C24H44. The Bertz CT molecular complexity index is 302. The molecule has 0 unspecified atom stereocenters. The smallest absolute Gasteiger partial charge is 0.0118 e. The van der Waals surface area contributed by atoms with E-state index in [0.29, 0.717) is 5.41 Å². The fraction of sp³-hybridized carbons (Fsp3) is 0.917. The van der Waals surface area contributed by atoms with Gasteiger partial charge in [0.05, 0.1) is 0 Å². The summed E-state index contributed by atoms with van der Waals surface area (Å²) in [4.78, 5) is 0. The number of hydrogen-bond acceptors (Lipinski definition) is 0. The molecule has 0 aliphatic heterocycles. The van der Waals surface area contributed by atoms with Gasteiger partial charge in [0, 0.05) is 0 Å². The van der Waals surface area contributed by atoms with E-state index in [0.717, 1.165) is 0 Å². The van der Waals surface area contributed by atoms with E-state index in [2.05, 4.69) is 12.2 Å². The van der Waals surface area contributed by atoms with Gasteiger partial charge in [-0.25, -0.2) is 0 Å². The van der Waals surface area contributed by atoms with Gasteiger partial charge in [-0.3, -0.25) is 0 Å². The van der Waals surface area contributed by atoms with Gasteiger partial charge in [0.2, 0.25) is 0 Å². The summed E-state index contributed by atoms with van der Waals surface area (Å²) in [5.74, 6) is 0. The first-order valence-electron chi connectivity index (χ1n) is 11.6. The van der Waals surface area contributed by atoms with Gasteiger partial charge >= 0.3 is 0 Å². The van der Waals surface area contributed by atoms with Crippen LogP contribution in [0.4, 0.5) is 0 Å². The van der Waals surface area contributed by atoms with Crippen LogP contribution in [0.3, 0.4) is 0 Å². The molecule has 0 amide bonds. The van der Waals surface area contributed by atoms with Gasteiger partial charge in [-0.05, 0) is 37.5 Å². The van der Waals surface area contributed by atoms with Crippen LogP contribution in [0.2, 0.25) is 0 Å². The lowest BCUT2D eigenvalue weighted by molar-refractivity contribution is 0.261. The highest BCUT2D eigenvalue weighted by molar-refractivity contribution is 5.00. The van der Waals surface area contributed by atoms with Crippen LogP contribution in [0.25, 0.3) is 0 Å². The predicted molar refractivity (Wildman–Crippen MR) is 109 cm³/mol. The maximum absolute atomic E-state index is 2.72. The molecule has 2 rings (SSSR count). The zero-order valence-corrected chi connectivity index (χ0v) is 16.5. The van der Waals surface area contributed by atoms with Crippen molar-refractivity contribution < 1.29 is 0 Å². The van der Waals surface area contributed by atoms with E-state index in [1.165, 1.54) is 135 Å². The van der Waals surface area contributed by atoms with Crippen LogP contribution < -0.4 is 0 Å². The van der Waals surface area contributed by atoms with Gasteiger partial charge in [-0.2, -0.15) is 0 Å². The molecule has 2 aliphatic rings. The van der Waals surface area contributed by atoms with Gasteiger partial charge in [0.1, 0.15) is 0 Å². The Morgan fingerprint density at radius 1 is 0.375 bits per heavy atom. The van der Waals surface area contributed by atoms with Gasteiger partial charge in [-0.15, -0.1) is 0 Å². The second-order valence-electron chi connectivity index (χ2n) is 8.81. The summed E-state index contributed by atoms with van der Waals surface area (Å²) < 4.78 is 0. The zero-order valence-electron chi connectivity index (χ0n) is 16.5. The monoisotopic (exact) mass is 332 g/mol. The first-order chi connectivity index (χ1) is 11.9. The predicted octanol–water partition coefficient (Wildman–Crippen LogP) is 8.75. The third-order valence-electron chi connectivity index (χ3n) is 6.62. The summed E-state index contributed by atoms with van der Waals surface area (Å²) in [6, 6.07) is 0. The molecule has 0 heteroatoms. The van der Waals surface area contributed by atoms with Crippen molar-refractivity contribution in [3.05, 3.63) is 12.2 Å². The van der Waals surface area contributed by atoms with Crippen molar-refractivity contribution in [1.82, 2.24) is 0 Å². The quantitative estimate of drug-likeness (QED) is 0.389. The Morgan fingerprint density at radius 3 is 1.12 bits per heavy atom. The van der Waals surface area contributed by atoms with Gasteiger partial charge < -0.3 is 0 Å². The highest BCUT2D eigenvalue weighted by atomic mass is 14.3. The second-order valence-corrected chi connectivity index (χ2v) is 8.81. The SMILES string of the molecule is C1=C\C2(CCCCCCCCCC/1)CCCCCCCCCCC2. The lowest BCUT2D eigenvalue weighted by Crippen LogP contribution is -2.19. The summed E-state index contributed by atoms with van der Waals surface area (Å²) in [7, 11) is 0. The molecule has 0 aromatic heterocycles. The minimum Gasteiger partial charge on any atom is -0.0880 e. The van der Waals surface area contributed by atoms with Crippen molar-refractivity contribution in [3.63, 3.8) is 0 Å². The summed E-state index contributed by atoms with van der Waals surface area (Å²) in [5.41, 5.74) is 0.563. The highest BCUT2D eigenvalue weighted by Gasteiger charge is 2.25. The van der Waals surface area contributed by atoms with Gasteiger partial charge in [0.15, 0.2) is 0 Å². The molecule has 1 spiro atoms. The first-order valence-corrected chi connectivity index (χ1v) is 11.6. The summed E-state index contributed by atoms with van der Waals surface area (Å²) >= 11 is 0. The summed E-state index contributed by atoms with van der Waals surface area (Å²) in [5, 5.41) is 0. The molecule has 2 aliphatic carbocycles. The molecule has 1 fully saturated rings. The normalized spacial score (nSPS) is 27.7. The minimum absolute atomic E-state index is 0.563. The van der Waals surface area contributed by atoms with E-state index in [1.807, 2.05) is 0 Å². The molecule has 0 atom stereocenters. The minimum atomic E-state index is 0.563. The largest absolute Gasteiger partial charge is 0.0880 e. The average molecular weight is 333 g/mol. The van der Waals surface area contributed by atoms with Crippen LogP contribution in [-0.2, 0) is 0 Å². The van der Waals surface area contributed by atoms with Crippen LogP contribution in [0.5, 0.6) is 0 Å². The van der Waals surface area contributed by atoms with E-state index in [4.69, 9.17) is 0 Å². The molecule has 0 nitrogen and oxygen atoms in total. The van der Waals surface area contributed by atoms with Crippen LogP contribution in [0.1, 0.15) is 135 Å². The van der Waals surface area contributed by atoms with E-state index in [1.54, 1.807) is 0 Å². The molecule has 0 heterocycles. The highest BCUT2D eigenvalue weighted by Crippen LogP contribution is 2.39. The Hall–Kier alpha value is -0.260. The third-order valence-corrected chi connectivity index (χ3v) is 6.62. The summed E-state index contributed by atoms with van der Waals surface area (Å²) in [6.45, 7) is 0. The van der Waals surface area contributed by atoms with Crippen molar-refractivity contribution >= 4 is 0 Å². The lowest BCUT2D eigenvalue weighted by atomic mass is 9.73. The molecule has 140 valence electrons. The molecule has 0 aromatic carbocycles. The van der Waals surface area contributed by atoms with Crippen LogP contribution in [0.15, 0.2) is 12.2 Å². The maximum atomic E-state index is 2.72. The Balaban J connectivity index is 1.95. The number of rotatable bonds is 0. The van der Waals surface area contributed by atoms with E-state index in [-0.39, 0.29) is 0 Å². The van der Waals surface area contributed by atoms with Crippen molar-refractivity contribution in [2.45, 2.75) is 135 Å². The Kier molecular flexibility index (Phi) is 10.9. The molecular weight excluding hydrogens is 288 g/mol. The molecule has 0 radical (unpaired) electrons. The number of hydrogen-bond donors (Lipinski definition) is 0. The van der Waals surface area contributed by atoms with Gasteiger partial charge in [0.25, 0.3) is 0 Å². The maximum Gasteiger partial charge on any atom is -0.0118 e. The van der Waals surface area contributed by atoms with Gasteiger partial charge in [-0.1, -0.05) is 115 Å². The van der Waals surface area contributed by atoms with Crippen LogP contribution >= 0.6 is 0 Å². The molecule has 1 saturated carbocycles. The lowest BCUT2D eigenvalue weighted by Gasteiger charge is -2.32. The Labute approximate surface area is 152 Å². The second kappa shape index (κ2) is 13.0. The third kappa shape index (κ3) is 8.72. The number of allylic oxidation sites excluding steroid dienone is 2. The molecule has 24 heavy (non-hydrogen) atoms. The fourth-order valence-corrected chi connectivity index (χ4v) is 4.95. The molecule has 0 bridgehead atoms. The standard InChI is InChI=1S/C24H44/c1-2-5-9-13-17-21-24(20-16-12-8-4-1)22-18-14-10-6-3-7-11-15-19-23-24/h16,20H,1-15,17-19,21-23H2/b20-16-. The van der Waals surface area contributed by atoms with Crippen LogP contribution in [-0.4, -0.2) is 0 Å².